The Hall–Kier alpha value is -0.560. The highest BCUT2D eigenvalue weighted by atomic mass is 35.5. The summed E-state index contributed by atoms with van der Waals surface area (Å²) >= 11 is 10.4. The predicted molar refractivity (Wildman–Crippen MR) is 82.8 cm³/mol. The van der Waals surface area contributed by atoms with Crippen LogP contribution in [0.15, 0.2) is 32.9 Å². The molecule has 1 heterocycles. The number of carbonyl (C=O) groups is 1. The molecule has 0 radical (unpaired) electrons. The normalized spacial score (nSPS) is 12.4. The smallest absolute Gasteiger partial charge is 0.176 e. The number of rotatable bonds is 5. The van der Waals surface area contributed by atoms with Gasteiger partial charge >= 0.3 is 0 Å². The molecule has 0 spiro atoms. The standard InChI is InChI=1S/C12H11ClN2OS3/c1-7(18-12-15-14-11(17-2)19-12)10(16)8-4-3-5-9(13)6-8/h3-7H,1-2H3. The van der Waals surface area contributed by atoms with Gasteiger partial charge in [-0.25, -0.2) is 0 Å². The van der Waals surface area contributed by atoms with Crippen LogP contribution in [0.5, 0.6) is 0 Å². The van der Waals surface area contributed by atoms with E-state index in [9.17, 15) is 4.79 Å². The number of halogens is 1. The molecule has 1 aromatic carbocycles. The van der Waals surface area contributed by atoms with Crippen molar-refractivity contribution in [3.05, 3.63) is 34.9 Å². The maximum atomic E-state index is 12.2. The first-order valence-corrected chi connectivity index (χ1v) is 8.74. The summed E-state index contributed by atoms with van der Waals surface area (Å²) in [6, 6.07) is 7.00. The molecule has 0 aliphatic heterocycles. The van der Waals surface area contributed by atoms with E-state index in [0.717, 1.165) is 8.68 Å². The molecule has 7 heteroatoms. The lowest BCUT2D eigenvalue weighted by molar-refractivity contribution is 0.0994. The number of hydrogen-bond acceptors (Lipinski definition) is 6. The van der Waals surface area contributed by atoms with Gasteiger partial charge in [-0.3, -0.25) is 4.79 Å². The van der Waals surface area contributed by atoms with Gasteiger partial charge < -0.3 is 0 Å². The Labute approximate surface area is 129 Å². The van der Waals surface area contributed by atoms with Crippen LogP contribution in [-0.4, -0.2) is 27.5 Å². The van der Waals surface area contributed by atoms with Gasteiger partial charge in [-0.2, -0.15) is 0 Å². The van der Waals surface area contributed by atoms with Crippen molar-refractivity contribution in [2.24, 2.45) is 0 Å². The third-order valence-corrected chi connectivity index (χ3v) is 5.64. The fourth-order valence-corrected chi connectivity index (χ4v) is 4.26. The Bertz CT molecular complexity index is 588. The van der Waals surface area contributed by atoms with Gasteiger partial charge in [0, 0.05) is 10.6 Å². The van der Waals surface area contributed by atoms with Crippen LogP contribution >= 0.6 is 46.5 Å². The van der Waals surface area contributed by atoms with Gasteiger partial charge in [0.05, 0.1) is 5.25 Å². The zero-order valence-electron chi connectivity index (χ0n) is 10.3. The molecule has 3 nitrogen and oxygen atoms in total. The number of benzene rings is 1. The molecule has 0 aliphatic carbocycles. The minimum atomic E-state index is -0.207. The van der Waals surface area contributed by atoms with Gasteiger partial charge in [0.25, 0.3) is 0 Å². The number of Topliss-reactive ketones (excluding diaryl/α,β-unsaturated/α-hetero) is 1. The molecule has 1 aromatic heterocycles. The highest BCUT2D eigenvalue weighted by Crippen LogP contribution is 2.31. The van der Waals surface area contributed by atoms with E-state index in [1.54, 1.807) is 36.0 Å². The van der Waals surface area contributed by atoms with Crippen molar-refractivity contribution >= 4 is 52.2 Å². The van der Waals surface area contributed by atoms with Crippen molar-refractivity contribution in [3.63, 3.8) is 0 Å². The second kappa shape index (κ2) is 6.74. The van der Waals surface area contributed by atoms with Gasteiger partial charge in [-0.1, -0.05) is 58.6 Å². The van der Waals surface area contributed by atoms with Gasteiger partial charge in [-0.15, -0.1) is 10.2 Å². The average Bonchev–Trinajstić information content (AvgIpc) is 2.85. The van der Waals surface area contributed by atoms with Crippen LogP contribution in [-0.2, 0) is 0 Å². The fraction of sp³-hybridized carbons (Fsp3) is 0.250. The van der Waals surface area contributed by atoms with E-state index in [1.165, 1.54) is 23.1 Å². The molecule has 0 aliphatic rings. The van der Waals surface area contributed by atoms with E-state index in [1.807, 2.05) is 13.2 Å². The summed E-state index contributed by atoms with van der Waals surface area (Å²) in [5.74, 6) is 0.0494. The van der Waals surface area contributed by atoms with Gasteiger partial charge in [0.15, 0.2) is 14.5 Å². The van der Waals surface area contributed by atoms with Crippen molar-refractivity contribution in [2.45, 2.75) is 20.9 Å². The summed E-state index contributed by atoms with van der Waals surface area (Å²) < 4.78 is 1.72. The number of ketones is 1. The molecule has 1 unspecified atom stereocenters. The van der Waals surface area contributed by atoms with Crippen LogP contribution < -0.4 is 0 Å². The summed E-state index contributed by atoms with van der Waals surface area (Å²) in [6.45, 7) is 1.87. The molecule has 0 N–H and O–H groups in total. The topological polar surface area (TPSA) is 42.9 Å². The first-order valence-electron chi connectivity index (χ1n) is 5.44. The number of thioether (sulfide) groups is 2. The van der Waals surface area contributed by atoms with Crippen LogP contribution in [0.4, 0.5) is 0 Å². The highest BCUT2D eigenvalue weighted by molar-refractivity contribution is 8.03. The van der Waals surface area contributed by atoms with Crippen LogP contribution in [0.3, 0.4) is 0 Å². The van der Waals surface area contributed by atoms with Crippen LogP contribution in [0.2, 0.25) is 5.02 Å². The van der Waals surface area contributed by atoms with E-state index < -0.39 is 0 Å². The Morgan fingerprint density at radius 3 is 2.74 bits per heavy atom. The predicted octanol–water partition coefficient (Wildman–Crippen LogP) is 4.28. The van der Waals surface area contributed by atoms with E-state index >= 15 is 0 Å². The second-order valence-corrected chi connectivity index (χ2v) is 7.73. The lowest BCUT2D eigenvalue weighted by Crippen LogP contribution is -2.13. The quantitative estimate of drug-likeness (QED) is 0.604. The molecule has 0 bridgehead atoms. The van der Waals surface area contributed by atoms with Crippen molar-refractivity contribution in [2.75, 3.05) is 6.26 Å². The fourth-order valence-electron chi connectivity index (χ4n) is 1.41. The Morgan fingerprint density at radius 2 is 2.11 bits per heavy atom. The minimum absolute atomic E-state index is 0.0494. The van der Waals surface area contributed by atoms with E-state index in [0.29, 0.717) is 10.6 Å². The Balaban J connectivity index is 2.07. The number of hydrogen-bond donors (Lipinski definition) is 0. The first-order chi connectivity index (χ1) is 9.10. The molecule has 0 saturated carbocycles. The third-order valence-electron chi connectivity index (χ3n) is 2.32. The van der Waals surface area contributed by atoms with Crippen LogP contribution in [0.1, 0.15) is 17.3 Å². The van der Waals surface area contributed by atoms with Crippen molar-refractivity contribution < 1.29 is 4.79 Å². The SMILES string of the molecule is CSc1nnc(SC(C)C(=O)c2cccc(Cl)c2)s1. The third kappa shape index (κ3) is 3.95. The van der Waals surface area contributed by atoms with E-state index in [2.05, 4.69) is 10.2 Å². The van der Waals surface area contributed by atoms with Gasteiger partial charge in [0.1, 0.15) is 0 Å². The molecule has 0 saturated heterocycles. The molecule has 100 valence electrons. The van der Waals surface area contributed by atoms with Crippen molar-refractivity contribution in [1.29, 1.82) is 0 Å². The summed E-state index contributed by atoms with van der Waals surface area (Å²) in [5, 5.41) is 8.43. The Morgan fingerprint density at radius 1 is 1.37 bits per heavy atom. The summed E-state index contributed by atoms with van der Waals surface area (Å²) in [5.41, 5.74) is 0.627. The number of carbonyl (C=O) groups excluding carboxylic acids is 1. The maximum Gasteiger partial charge on any atom is 0.176 e. The molecule has 1 atom stereocenters. The molecule has 2 rings (SSSR count). The molecular weight excluding hydrogens is 320 g/mol. The summed E-state index contributed by atoms with van der Waals surface area (Å²) in [7, 11) is 0. The maximum absolute atomic E-state index is 12.2. The molecule has 0 amide bonds. The van der Waals surface area contributed by atoms with Gasteiger partial charge in [0.2, 0.25) is 0 Å². The second-order valence-electron chi connectivity index (χ2n) is 3.67. The first kappa shape index (κ1) is 14.8. The van der Waals surface area contributed by atoms with Crippen molar-refractivity contribution in [3.8, 4) is 0 Å². The zero-order chi connectivity index (χ0) is 13.8. The van der Waals surface area contributed by atoms with Gasteiger partial charge in [-0.05, 0) is 25.3 Å². The summed E-state index contributed by atoms with van der Waals surface area (Å²) in [4.78, 5) is 12.2. The number of nitrogens with zero attached hydrogens (tertiary/aromatic N) is 2. The van der Waals surface area contributed by atoms with E-state index in [-0.39, 0.29) is 11.0 Å². The van der Waals surface area contributed by atoms with Crippen LogP contribution in [0, 0.1) is 0 Å². The minimum Gasteiger partial charge on any atom is -0.293 e. The number of aromatic nitrogens is 2. The lowest BCUT2D eigenvalue weighted by Gasteiger charge is -2.07. The lowest BCUT2D eigenvalue weighted by atomic mass is 10.1. The van der Waals surface area contributed by atoms with Crippen molar-refractivity contribution in [1.82, 2.24) is 10.2 Å². The Kier molecular flexibility index (Phi) is 5.27. The highest BCUT2D eigenvalue weighted by Gasteiger charge is 2.18. The molecule has 19 heavy (non-hydrogen) atoms. The van der Waals surface area contributed by atoms with Crippen LogP contribution in [0.25, 0.3) is 0 Å². The summed E-state index contributed by atoms with van der Waals surface area (Å²) in [6.07, 6.45) is 1.95. The molecular formula is C12H11ClN2OS3. The average molecular weight is 331 g/mol. The van der Waals surface area contributed by atoms with E-state index in [4.69, 9.17) is 11.6 Å². The zero-order valence-corrected chi connectivity index (χ0v) is 13.5. The monoisotopic (exact) mass is 330 g/mol. The largest absolute Gasteiger partial charge is 0.293 e. The molecule has 2 aromatic rings. The molecule has 0 fully saturated rings.